The molecule has 25 heavy (non-hydrogen) atoms. The lowest BCUT2D eigenvalue weighted by Gasteiger charge is -2.18. The zero-order valence-electron chi connectivity index (χ0n) is 14.6. The summed E-state index contributed by atoms with van der Waals surface area (Å²) in [6.45, 7) is 6.48. The molecule has 3 rings (SSSR count). The van der Waals surface area contributed by atoms with Crippen molar-refractivity contribution in [1.82, 2.24) is 0 Å². The van der Waals surface area contributed by atoms with E-state index >= 15 is 0 Å². The first kappa shape index (κ1) is 17.7. The monoisotopic (exact) mass is 400 g/mol. The smallest absolute Gasteiger partial charge is 0.229 e. The number of hydrogen-bond donors (Lipinski definition) is 1. The number of carbonyl (C=O) groups excluding carboxylic acids is 2. The molecule has 1 saturated heterocycles. The fourth-order valence-electron chi connectivity index (χ4n) is 2.98. The summed E-state index contributed by atoms with van der Waals surface area (Å²) in [5, 5.41) is 2.93. The molecule has 0 radical (unpaired) electrons. The minimum absolute atomic E-state index is 0.00799. The van der Waals surface area contributed by atoms with Gasteiger partial charge in [0, 0.05) is 23.1 Å². The number of amides is 2. The van der Waals surface area contributed by atoms with Gasteiger partial charge in [0.05, 0.1) is 11.6 Å². The van der Waals surface area contributed by atoms with E-state index in [-0.39, 0.29) is 24.2 Å². The number of halogens is 1. The van der Waals surface area contributed by atoms with Crippen LogP contribution in [-0.4, -0.2) is 18.4 Å². The zero-order chi connectivity index (χ0) is 18.1. The van der Waals surface area contributed by atoms with Gasteiger partial charge in [0.15, 0.2) is 0 Å². The third-order valence-electron chi connectivity index (χ3n) is 4.68. The molecular formula is C20H21BrN2O2. The number of carbonyl (C=O) groups is 2. The fourth-order valence-corrected chi connectivity index (χ4v) is 3.57. The predicted molar refractivity (Wildman–Crippen MR) is 104 cm³/mol. The Morgan fingerprint density at radius 2 is 1.88 bits per heavy atom. The highest BCUT2D eigenvalue weighted by atomic mass is 79.9. The van der Waals surface area contributed by atoms with Crippen molar-refractivity contribution in [2.75, 3.05) is 16.8 Å². The first-order chi connectivity index (χ1) is 11.8. The minimum Gasteiger partial charge on any atom is -0.325 e. The molecule has 4 nitrogen and oxygen atoms in total. The predicted octanol–water partition coefficient (Wildman–Crippen LogP) is 4.37. The summed E-state index contributed by atoms with van der Waals surface area (Å²) in [5.41, 5.74) is 5.03. The Balaban J connectivity index is 1.73. The molecule has 2 aromatic carbocycles. The maximum Gasteiger partial charge on any atom is 0.229 e. The van der Waals surface area contributed by atoms with Crippen LogP contribution in [0.3, 0.4) is 0 Å². The molecule has 1 N–H and O–H groups in total. The molecule has 0 bridgehead atoms. The van der Waals surface area contributed by atoms with Crippen LogP contribution in [0.15, 0.2) is 40.9 Å². The molecule has 2 aromatic rings. The number of rotatable bonds is 3. The number of nitrogens with one attached hydrogen (secondary N) is 1. The molecule has 1 aliphatic rings. The number of aryl methyl sites for hydroxylation is 3. The van der Waals surface area contributed by atoms with Crippen LogP contribution in [0.2, 0.25) is 0 Å². The van der Waals surface area contributed by atoms with Crippen LogP contribution in [0.5, 0.6) is 0 Å². The molecule has 0 spiro atoms. The van der Waals surface area contributed by atoms with E-state index in [2.05, 4.69) is 21.2 Å². The van der Waals surface area contributed by atoms with Crippen molar-refractivity contribution < 1.29 is 9.59 Å². The average Bonchev–Trinajstić information content (AvgIpc) is 2.95. The van der Waals surface area contributed by atoms with Crippen molar-refractivity contribution in [3.63, 3.8) is 0 Å². The van der Waals surface area contributed by atoms with E-state index in [9.17, 15) is 9.59 Å². The Kier molecular flexibility index (Phi) is 4.95. The highest BCUT2D eigenvalue weighted by Gasteiger charge is 2.35. The molecule has 1 atom stereocenters. The van der Waals surface area contributed by atoms with Crippen molar-refractivity contribution in [2.24, 2.45) is 5.92 Å². The van der Waals surface area contributed by atoms with Gasteiger partial charge in [-0.3, -0.25) is 9.59 Å². The van der Waals surface area contributed by atoms with Crippen LogP contribution in [0.1, 0.15) is 23.1 Å². The number of nitrogens with zero attached hydrogens (tertiary/aromatic N) is 1. The maximum atomic E-state index is 12.6. The van der Waals surface area contributed by atoms with Gasteiger partial charge in [-0.05, 0) is 77.7 Å². The largest absolute Gasteiger partial charge is 0.325 e. The Hall–Kier alpha value is -2.14. The Morgan fingerprint density at radius 1 is 1.12 bits per heavy atom. The second-order valence-corrected chi connectivity index (χ2v) is 7.50. The van der Waals surface area contributed by atoms with E-state index in [0.717, 1.165) is 27.0 Å². The molecule has 130 valence electrons. The first-order valence-corrected chi connectivity index (χ1v) is 9.09. The van der Waals surface area contributed by atoms with Crippen molar-refractivity contribution in [3.8, 4) is 0 Å². The second-order valence-electron chi connectivity index (χ2n) is 6.65. The summed E-state index contributed by atoms with van der Waals surface area (Å²) in [6.07, 6.45) is 0.238. The van der Waals surface area contributed by atoms with Gasteiger partial charge in [-0.2, -0.15) is 0 Å². The molecule has 0 aromatic heterocycles. The first-order valence-electron chi connectivity index (χ1n) is 8.30. The van der Waals surface area contributed by atoms with Gasteiger partial charge >= 0.3 is 0 Å². The number of anilines is 2. The van der Waals surface area contributed by atoms with Crippen molar-refractivity contribution >= 4 is 39.1 Å². The third kappa shape index (κ3) is 3.76. The molecule has 1 fully saturated rings. The van der Waals surface area contributed by atoms with E-state index in [1.165, 1.54) is 5.56 Å². The molecule has 0 aliphatic carbocycles. The van der Waals surface area contributed by atoms with E-state index in [1.54, 1.807) is 4.90 Å². The van der Waals surface area contributed by atoms with Crippen LogP contribution >= 0.6 is 15.9 Å². The normalized spacial score (nSPS) is 17.0. The lowest BCUT2D eigenvalue weighted by Crippen LogP contribution is -2.28. The van der Waals surface area contributed by atoms with Crippen LogP contribution in [0.25, 0.3) is 0 Å². The van der Waals surface area contributed by atoms with E-state index < -0.39 is 0 Å². The Bertz CT molecular complexity index is 848. The maximum absolute atomic E-state index is 12.6. The summed E-state index contributed by atoms with van der Waals surface area (Å²) < 4.78 is 0.844. The minimum atomic E-state index is -0.345. The van der Waals surface area contributed by atoms with Gasteiger partial charge in [0.1, 0.15) is 0 Å². The topological polar surface area (TPSA) is 49.4 Å². The highest BCUT2D eigenvalue weighted by Crippen LogP contribution is 2.29. The van der Waals surface area contributed by atoms with Gasteiger partial charge in [-0.15, -0.1) is 0 Å². The molecule has 0 unspecified atom stereocenters. The van der Waals surface area contributed by atoms with Gasteiger partial charge in [0.2, 0.25) is 11.8 Å². The summed E-state index contributed by atoms with van der Waals surface area (Å²) >= 11 is 3.47. The molecule has 1 heterocycles. The summed E-state index contributed by atoms with van der Waals surface area (Å²) in [7, 11) is 0. The van der Waals surface area contributed by atoms with Gasteiger partial charge in [0.25, 0.3) is 0 Å². The van der Waals surface area contributed by atoms with Crippen LogP contribution < -0.4 is 10.2 Å². The standard InChI is InChI=1S/C20H21BrN2O2/c1-12-4-7-18(17(21)8-12)22-20(25)15-10-19(24)23(11-15)16-6-5-13(2)14(3)9-16/h4-9,15H,10-11H2,1-3H3,(H,22,25)/t15-/m1/s1. The van der Waals surface area contributed by atoms with E-state index in [1.807, 2.05) is 57.2 Å². The highest BCUT2D eigenvalue weighted by molar-refractivity contribution is 9.10. The van der Waals surface area contributed by atoms with Gasteiger partial charge < -0.3 is 10.2 Å². The molecule has 1 aliphatic heterocycles. The lowest BCUT2D eigenvalue weighted by atomic mass is 10.1. The van der Waals surface area contributed by atoms with Crippen LogP contribution in [0.4, 0.5) is 11.4 Å². The Morgan fingerprint density at radius 3 is 2.56 bits per heavy atom. The summed E-state index contributed by atoms with van der Waals surface area (Å²) in [5.74, 6) is -0.474. The Labute approximate surface area is 156 Å². The van der Waals surface area contributed by atoms with Crippen LogP contribution in [-0.2, 0) is 9.59 Å². The van der Waals surface area contributed by atoms with Gasteiger partial charge in [-0.25, -0.2) is 0 Å². The average molecular weight is 401 g/mol. The van der Waals surface area contributed by atoms with Crippen LogP contribution in [0, 0.1) is 26.7 Å². The lowest BCUT2D eigenvalue weighted by molar-refractivity contribution is -0.122. The second kappa shape index (κ2) is 7.00. The summed E-state index contributed by atoms with van der Waals surface area (Å²) in [6, 6.07) is 11.7. The SMILES string of the molecule is Cc1ccc(NC(=O)[C@@H]2CC(=O)N(c3ccc(C)c(C)c3)C2)c(Br)c1. The van der Waals surface area contributed by atoms with E-state index in [4.69, 9.17) is 0 Å². The quantitative estimate of drug-likeness (QED) is 0.831. The molecule has 0 saturated carbocycles. The number of hydrogen-bond acceptors (Lipinski definition) is 2. The van der Waals surface area contributed by atoms with Crippen molar-refractivity contribution in [1.29, 1.82) is 0 Å². The molecular weight excluding hydrogens is 380 g/mol. The summed E-state index contributed by atoms with van der Waals surface area (Å²) in [4.78, 5) is 26.7. The third-order valence-corrected chi connectivity index (χ3v) is 5.34. The van der Waals surface area contributed by atoms with Crippen molar-refractivity contribution in [3.05, 3.63) is 57.6 Å². The van der Waals surface area contributed by atoms with Gasteiger partial charge in [-0.1, -0.05) is 12.1 Å². The fraction of sp³-hybridized carbons (Fsp3) is 0.300. The molecule has 2 amide bonds. The zero-order valence-corrected chi connectivity index (χ0v) is 16.2. The number of benzene rings is 2. The van der Waals surface area contributed by atoms with E-state index in [0.29, 0.717) is 6.54 Å². The van der Waals surface area contributed by atoms with Crippen molar-refractivity contribution in [2.45, 2.75) is 27.2 Å². The molecule has 5 heteroatoms.